The highest BCUT2D eigenvalue weighted by Gasteiger charge is 2.66. The number of likely N-dealkylation sites (N-methyl/N-ethyl adjacent to an activating group) is 1. The summed E-state index contributed by atoms with van der Waals surface area (Å²) in [6.45, 7) is 9.15. The molecule has 6 heteroatoms. The Balaban J connectivity index is 2.29. The summed E-state index contributed by atoms with van der Waals surface area (Å²) >= 11 is 0. The highest BCUT2D eigenvalue weighted by Crippen LogP contribution is 2.48. The van der Waals surface area contributed by atoms with Gasteiger partial charge in [-0.25, -0.2) is 9.59 Å². The van der Waals surface area contributed by atoms with Crippen LogP contribution < -0.4 is 0 Å². The van der Waals surface area contributed by atoms with Crippen molar-refractivity contribution in [2.75, 3.05) is 6.54 Å². The minimum Gasteiger partial charge on any atom is -0.479 e. The van der Waals surface area contributed by atoms with Crippen molar-refractivity contribution in [2.24, 2.45) is 0 Å². The van der Waals surface area contributed by atoms with Gasteiger partial charge in [0.1, 0.15) is 6.61 Å². The van der Waals surface area contributed by atoms with Crippen LogP contribution in [0.15, 0.2) is 30.3 Å². The SMILES string of the molecule is CCN(C(=O)OCc1ccccc1)C1(C(=O)O)CC(C)(C)OC1(C)C. The van der Waals surface area contributed by atoms with E-state index in [1.807, 2.05) is 44.2 Å². The maximum atomic E-state index is 12.7. The largest absolute Gasteiger partial charge is 0.479 e. The van der Waals surface area contributed by atoms with Crippen LogP contribution >= 0.6 is 0 Å². The standard InChI is InChI=1S/C19H27NO5/c1-6-20(16(23)24-12-14-10-8-7-9-11-14)19(15(21)22)13-17(2,3)25-18(19,4)5/h7-11H,6,12-13H2,1-5H3,(H,21,22). The molecule has 1 amide bonds. The van der Waals surface area contributed by atoms with E-state index in [4.69, 9.17) is 9.47 Å². The van der Waals surface area contributed by atoms with Crippen molar-refractivity contribution in [2.45, 2.75) is 64.4 Å². The Morgan fingerprint density at radius 2 is 1.80 bits per heavy atom. The zero-order valence-corrected chi connectivity index (χ0v) is 15.5. The van der Waals surface area contributed by atoms with Crippen molar-refractivity contribution in [3.63, 3.8) is 0 Å². The van der Waals surface area contributed by atoms with Crippen LogP contribution in [0.4, 0.5) is 4.79 Å². The highest BCUT2D eigenvalue weighted by molar-refractivity contribution is 5.86. The quantitative estimate of drug-likeness (QED) is 0.881. The molecular formula is C19H27NO5. The Kier molecular flexibility index (Phi) is 5.14. The Bertz CT molecular complexity index is 640. The molecule has 1 N–H and O–H groups in total. The molecule has 1 atom stereocenters. The molecule has 0 aliphatic carbocycles. The number of rotatable bonds is 5. The van der Waals surface area contributed by atoms with Gasteiger partial charge in [0.25, 0.3) is 0 Å². The zero-order chi connectivity index (χ0) is 18.9. The summed E-state index contributed by atoms with van der Waals surface area (Å²) < 4.78 is 11.4. The smallest absolute Gasteiger partial charge is 0.411 e. The fourth-order valence-corrected chi connectivity index (χ4v) is 3.86. The molecule has 1 aliphatic rings. The van der Waals surface area contributed by atoms with Crippen LogP contribution in [-0.2, 0) is 20.9 Å². The second-order valence-electron chi connectivity index (χ2n) is 7.50. The third kappa shape index (κ3) is 3.49. The van der Waals surface area contributed by atoms with Gasteiger partial charge in [0.15, 0.2) is 5.54 Å². The Morgan fingerprint density at radius 1 is 1.20 bits per heavy atom. The summed E-state index contributed by atoms with van der Waals surface area (Å²) in [4.78, 5) is 26.3. The van der Waals surface area contributed by atoms with E-state index < -0.39 is 28.8 Å². The van der Waals surface area contributed by atoms with Gasteiger partial charge in [-0.1, -0.05) is 30.3 Å². The number of aliphatic carboxylic acids is 1. The van der Waals surface area contributed by atoms with Crippen molar-refractivity contribution < 1.29 is 24.2 Å². The maximum absolute atomic E-state index is 12.7. The van der Waals surface area contributed by atoms with Crippen molar-refractivity contribution in [3.8, 4) is 0 Å². The van der Waals surface area contributed by atoms with Crippen LogP contribution in [0.1, 0.15) is 46.6 Å². The van der Waals surface area contributed by atoms with E-state index in [2.05, 4.69) is 0 Å². The lowest BCUT2D eigenvalue weighted by molar-refractivity contribution is -0.163. The molecule has 0 spiro atoms. The first-order chi connectivity index (χ1) is 11.6. The summed E-state index contributed by atoms with van der Waals surface area (Å²) in [5.74, 6) is -1.08. The van der Waals surface area contributed by atoms with Crippen LogP contribution in [0, 0.1) is 0 Å². The summed E-state index contributed by atoms with van der Waals surface area (Å²) in [5.41, 5.74) is -2.35. The van der Waals surface area contributed by atoms with Crippen molar-refractivity contribution in [3.05, 3.63) is 35.9 Å². The van der Waals surface area contributed by atoms with E-state index in [1.165, 1.54) is 4.90 Å². The lowest BCUT2D eigenvalue weighted by atomic mass is 9.77. The van der Waals surface area contributed by atoms with Gasteiger partial charge in [-0.3, -0.25) is 4.90 Å². The lowest BCUT2D eigenvalue weighted by Crippen LogP contribution is -2.65. The third-order valence-electron chi connectivity index (χ3n) is 4.77. The first kappa shape index (κ1) is 19.2. The van der Waals surface area contributed by atoms with Crippen LogP contribution in [0.25, 0.3) is 0 Å². The van der Waals surface area contributed by atoms with Gasteiger partial charge in [0.2, 0.25) is 0 Å². The molecule has 1 aromatic carbocycles. The van der Waals surface area contributed by atoms with E-state index in [0.29, 0.717) is 0 Å². The molecule has 138 valence electrons. The third-order valence-corrected chi connectivity index (χ3v) is 4.77. The number of benzene rings is 1. The molecule has 2 rings (SSSR count). The Morgan fingerprint density at radius 3 is 2.24 bits per heavy atom. The average molecular weight is 349 g/mol. The predicted octanol–water partition coefficient (Wildman–Crippen LogP) is 3.45. The summed E-state index contributed by atoms with van der Waals surface area (Å²) in [5, 5.41) is 10.0. The van der Waals surface area contributed by atoms with Crippen LogP contribution in [0.3, 0.4) is 0 Å². The van der Waals surface area contributed by atoms with Crippen molar-refractivity contribution in [1.82, 2.24) is 4.90 Å². The van der Waals surface area contributed by atoms with Gasteiger partial charge in [-0.15, -0.1) is 0 Å². The number of carboxylic acid groups (broad SMARTS) is 1. The number of hydrogen-bond acceptors (Lipinski definition) is 4. The topological polar surface area (TPSA) is 76.1 Å². The number of nitrogens with zero attached hydrogens (tertiary/aromatic N) is 1. The molecule has 25 heavy (non-hydrogen) atoms. The first-order valence-electron chi connectivity index (χ1n) is 8.47. The lowest BCUT2D eigenvalue weighted by Gasteiger charge is -2.43. The molecule has 0 aromatic heterocycles. The van der Waals surface area contributed by atoms with E-state index in [1.54, 1.807) is 20.8 Å². The van der Waals surface area contributed by atoms with Crippen LogP contribution in [-0.4, -0.2) is 45.4 Å². The molecule has 1 aliphatic heterocycles. The Hall–Kier alpha value is -2.08. The summed E-state index contributed by atoms with van der Waals surface area (Å²) in [6.07, 6.45) is -0.459. The van der Waals surface area contributed by atoms with Gasteiger partial charge in [-0.2, -0.15) is 0 Å². The molecule has 1 saturated heterocycles. The van der Waals surface area contributed by atoms with Gasteiger partial charge in [-0.05, 0) is 40.2 Å². The van der Waals surface area contributed by atoms with Gasteiger partial charge in [0, 0.05) is 13.0 Å². The highest BCUT2D eigenvalue weighted by atomic mass is 16.6. The molecule has 1 fully saturated rings. The second kappa shape index (κ2) is 6.67. The molecule has 1 unspecified atom stereocenters. The number of hydrogen-bond donors (Lipinski definition) is 1. The first-order valence-corrected chi connectivity index (χ1v) is 8.47. The zero-order valence-electron chi connectivity index (χ0n) is 15.5. The number of carboxylic acids is 1. The molecular weight excluding hydrogens is 322 g/mol. The molecule has 0 bridgehead atoms. The normalized spacial score (nSPS) is 23.9. The van der Waals surface area contributed by atoms with Gasteiger partial charge in [0.05, 0.1) is 11.2 Å². The van der Waals surface area contributed by atoms with E-state index in [9.17, 15) is 14.7 Å². The number of carbonyl (C=O) groups is 2. The summed E-state index contributed by atoms with van der Waals surface area (Å²) in [7, 11) is 0. The van der Waals surface area contributed by atoms with E-state index >= 15 is 0 Å². The van der Waals surface area contributed by atoms with Crippen molar-refractivity contribution in [1.29, 1.82) is 0 Å². The van der Waals surface area contributed by atoms with E-state index in [0.717, 1.165) is 5.56 Å². The molecule has 1 aromatic rings. The molecule has 0 saturated carbocycles. The Labute approximate surface area is 148 Å². The fourth-order valence-electron chi connectivity index (χ4n) is 3.86. The number of ether oxygens (including phenoxy) is 2. The monoisotopic (exact) mass is 349 g/mol. The molecule has 6 nitrogen and oxygen atoms in total. The van der Waals surface area contributed by atoms with Crippen LogP contribution in [0.2, 0.25) is 0 Å². The van der Waals surface area contributed by atoms with E-state index in [-0.39, 0.29) is 19.6 Å². The minimum absolute atomic E-state index is 0.0938. The van der Waals surface area contributed by atoms with Gasteiger partial charge < -0.3 is 14.6 Å². The van der Waals surface area contributed by atoms with Crippen LogP contribution in [0.5, 0.6) is 0 Å². The second-order valence-corrected chi connectivity index (χ2v) is 7.50. The molecule has 0 radical (unpaired) electrons. The van der Waals surface area contributed by atoms with Crippen molar-refractivity contribution >= 4 is 12.1 Å². The fraction of sp³-hybridized carbons (Fsp3) is 0.579. The predicted molar refractivity (Wildman–Crippen MR) is 93.2 cm³/mol. The maximum Gasteiger partial charge on any atom is 0.411 e. The number of carbonyl (C=O) groups excluding carboxylic acids is 1. The molecule has 1 heterocycles. The summed E-state index contributed by atoms with van der Waals surface area (Å²) in [6, 6.07) is 9.29. The van der Waals surface area contributed by atoms with Gasteiger partial charge >= 0.3 is 12.1 Å². The number of amides is 1. The average Bonchev–Trinajstić information content (AvgIpc) is 2.72. The minimum atomic E-state index is -1.49.